The molecule has 0 aromatic carbocycles. The van der Waals surface area contributed by atoms with Gasteiger partial charge >= 0.3 is 0 Å². The molecule has 0 radical (unpaired) electrons. The minimum Gasteiger partial charge on any atom is -0.368 e. The molecule has 0 atom stereocenters. The van der Waals surface area contributed by atoms with E-state index in [0.717, 1.165) is 0 Å². The lowest BCUT2D eigenvalue weighted by Crippen LogP contribution is -2.17. The van der Waals surface area contributed by atoms with Crippen LogP contribution in [0.3, 0.4) is 0 Å². The Morgan fingerprint density at radius 3 is 2.78 bits per heavy atom. The maximum absolute atomic E-state index is 8.62. The summed E-state index contributed by atoms with van der Waals surface area (Å²) >= 11 is 0. The zero-order chi connectivity index (χ0) is 13.1. The van der Waals surface area contributed by atoms with Crippen molar-refractivity contribution in [2.45, 2.75) is 6.54 Å². The predicted octanol–water partition coefficient (Wildman–Crippen LogP) is -0.969. The van der Waals surface area contributed by atoms with Gasteiger partial charge in [0, 0.05) is 14.1 Å². The van der Waals surface area contributed by atoms with Crippen LogP contribution < -0.4 is 10.6 Å². The summed E-state index contributed by atoms with van der Waals surface area (Å²) in [5.41, 5.74) is 5.60. The van der Waals surface area contributed by atoms with E-state index in [1.807, 2.05) is 20.2 Å². The molecule has 0 aliphatic rings. The van der Waals surface area contributed by atoms with Gasteiger partial charge in [0.2, 0.25) is 11.9 Å². The molecule has 0 aliphatic carbocycles. The fourth-order valence-corrected chi connectivity index (χ4v) is 1.26. The van der Waals surface area contributed by atoms with Gasteiger partial charge in [0.05, 0.1) is 0 Å². The second-order valence-corrected chi connectivity index (χ2v) is 3.68. The molecule has 2 heterocycles. The predicted molar refractivity (Wildman–Crippen MR) is 62.4 cm³/mol. The number of nitrogen functional groups attached to an aromatic ring is 1. The third-order valence-corrected chi connectivity index (χ3v) is 2.03. The summed E-state index contributed by atoms with van der Waals surface area (Å²) in [6.45, 7) is 0.280. The lowest BCUT2D eigenvalue weighted by Gasteiger charge is -2.11. The van der Waals surface area contributed by atoms with Crippen molar-refractivity contribution in [1.82, 2.24) is 29.7 Å². The number of nitrogens with zero attached hydrogens (tertiary/aromatic N) is 8. The molecule has 2 aromatic rings. The smallest absolute Gasteiger partial charge is 0.252 e. The van der Waals surface area contributed by atoms with Crippen molar-refractivity contribution in [3.05, 3.63) is 18.0 Å². The minimum absolute atomic E-state index is 0.102. The first-order valence-corrected chi connectivity index (χ1v) is 5.06. The maximum Gasteiger partial charge on any atom is 0.252 e. The van der Waals surface area contributed by atoms with Crippen LogP contribution in [-0.2, 0) is 6.54 Å². The van der Waals surface area contributed by atoms with E-state index < -0.39 is 0 Å². The highest BCUT2D eigenvalue weighted by Crippen LogP contribution is 2.06. The zero-order valence-electron chi connectivity index (χ0n) is 9.94. The molecule has 0 saturated carbocycles. The molecule has 0 fully saturated rings. The van der Waals surface area contributed by atoms with Crippen molar-refractivity contribution in [2.75, 3.05) is 24.7 Å². The molecule has 2 rings (SSSR count). The molecule has 92 valence electrons. The summed E-state index contributed by atoms with van der Waals surface area (Å²) < 4.78 is 1.47. The summed E-state index contributed by atoms with van der Waals surface area (Å²) in [5, 5.41) is 12.5. The van der Waals surface area contributed by atoms with Gasteiger partial charge in [0.15, 0.2) is 5.82 Å². The van der Waals surface area contributed by atoms with Crippen molar-refractivity contribution >= 4 is 11.9 Å². The number of hydrogen-bond donors (Lipinski definition) is 1. The zero-order valence-corrected chi connectivity index (χ0v) is 9.94. The summed E-state index contributed by atoms with van der Waals surface area (Å²) in [5.74, 6) is 1.17. The Morgan fingerprint density at radius 2 is 2.17 bits per heavy atom. The van der Waals surface area contributed by atoms with Crippen LogP contribution in [0, 0.1) is 11.3 Å². The Balaban J connectivity index is 2.26. The van der Waals surface area contributed by atoms with Crippen LogP contribution in [0.2, 0.25) is 0 Å². The minimum atomic E-state index is 0.102. The first-order chi connectivity index (χ1) is 8.58. The Morgan fingerprint density at radius 1 is 1.39 bits per heavy atom. The molecule has 18 heavy (non-hydrogen) atoms. The van der Waals surface area contributed by atoms with Crippen LogP contribution in [0.1, 0.15) is 11.6 Å². The van der Waals surface area contributed by atoms with Crippen LogP contribution in [0.5, 0.6) is 0 Å². The Labute approximate surface area is 103 Å². The van der Waals surface area contributed by atoms with Gasteiger partial charge in [-0.3, -0.25) is 0 Å². The quantitative estimate of drug-likeness (QED) is 0.732. The summed E-state index contributed by atoms with van der Waals surface area (Å²) in [7, 11) is 3.61. The van der Waals surface area contributed by atoms with Crippen LogP contribution in [0.15, 0.2) is 6.33 Å². The molecule has 2 N–H and O–H groups in total. The standard InChI is InChI=1S/C9H11N9/c1-17(2)9-14-7(13-8(11)15-9)4-18-5-12-6(3-10)16-18/h5H,4H2,1-2H3,(H2,11,13,14,15). The third kappa shape index (κ3) is 2.49. The number of nitrogens with two attached hydrogens (primary N) is 1. The topological polar surface area (TPSA) is 122 Å². The molecule has 2 aromatic heterocycles. The number of hydrogen-bond acceptors (Lipinski definition) is 8. The SMILES string of the molecule is CN(C)c1nc(N)nc(Cn2cnc(C#N)n2)n1. The van der Waals surface area contributed by atoms with Crippen LogP contribution in [-0.4, -0.2) is 43.8 Å². The van der Waals surface area contributed by atoms with Crippen molar-refractivity contribution in [3.63, 3.8) is 0 Å². The Hall–Kier alpha value is -2.76. The third-order valence-electron chi connectivity index (χ3n) is 2.03. The second kappa shape index (κ2) is 4.62. The average Bonchev–Trinajstić information content (AvgIpc) is 2.76. The van der Waals surface area contributed by atoms with E-state index in [1.165, 1.54) is 11.0 Å². The fourth-order valence-electron chi connectivity index (χ4n) is 1.26. The van der Waals surface area contributed by atoms with Crippen molar-refractivity contribution in [1.29, 1.82) is 5.26 Å². The first kappa shape index (κ1) is 11.7. The second-order valence-electron chi connectivity index (χ2n) is 3.68. The van der Waals surface area contributed by atoms with Gasteiger partial charge in [-0.2, -0.15) is 20.2 Å². The molecular weight excluding hydrogens is 234 g/mol. The molecule has 0 unspecified atom stereocenters. The van der Waals surface area contributed by atoms with E-state index in [-0.39, 0.29) is 18.3 Å². The molecule has 9 nitrogen and oxygen atoms in total. The number of nitriles is 1. The van der Waals surface area contributed by atoms with Crippen LogP contribution in [0.4, 0.5) is 11.9 Å². The number of rotatable bonds is 3. The number of anilines is 2. The molecule has 0 saturated heterocycles. The fraction of sp³-hybridized carbons (Fsp3) is 0.333. The van der Waals surface area contributed by atoms with E-state index in [0.29, 0.717) is 11.8 Å². The van der Waals surface area contributed by atoms with Crippen LogP contribution >= 0.6 is 0 Å². The lowest BCUT2D eigenvalue weighted by molar-refractivity contribution is 0.648. The van der Waals surface area contributed by atoms with Gasteiger partial charge in [-0.1, -0.05) is 0 Å². The van der Waals surface area contributed by atoms with E-state index in [9.17, 15) is 0 Å². The van der Waals surface area contributed by atoms with Crippen molar-refractivity contribution in [2.24, 2.45) is 0 Å². The molecule has 0 spiro atoms. The van der Waals surface area contributed by atoms with Gasteiger partial charge in [0.1, 0.15) is 18.9 Å². The molecule has 0 amide bonds. The van der Waals surface area contributed by atoms with E-state index in [2.05, 4.69) is 25.0 Å². The van der Waals surface area contributed by atoms with E-state index in [4.69, 9.17) is 11.0 Å². The van der Waals surface area contributed by atoms with Gasteiger partial charge in [-0.15, -0.1) is 5.10 Å². The molecular formula is C9H11N9. The van der Waals surface area contributed by atoms with Gasteiger partial charge < -0.3 is 10.6 Å². The number of aromatic nitrogens is 6. The van der Waals surface area contributed by atoms with Crippen molar-refractivity contribution < 1.29 is 0 Å². The van der Waals surface area contributed by atoms with Gasteiger partial charge in [0.25, 0.3) is 5.82 Å². The first-order valence-electron chi connectivity index (χ1n) is 5.06. The van der Waals surface area contributed by atoms with E-state index in [1.54, 1.807) is 4.90 Å². The lowest BCUT2D eigenvalue weighted by atomic mass is 10.6. The van der Waals surface area contributed by atoms with Crippen molar-refractivity contribution in [3.8, 4) is 6.07 Å². The van der Waals surface area contributed by atoms with E-state index >= 15 is 0 Å². The highest BCUT2D eigenvalue weighted by Gasteiger charge is 2.08. The highest BCUT2D eigenvalue weighted by atomic mass is 15.3. The Bertz CT molecular complexity index is 594. The summed E-state index contributed by atoms with van der Waals surface area (Å²) in [4.78, 5) is 17.7. The van der Waals surface area contributed by atoms with Gasteiger partial charge in [-0.05, 0) is 0 Å². The largest absolute Gasteiger partial charge is 0.368 e. The maximum atomic E-state index is 8.62. The molecule has 0 aliphatic heterocycles. The highest BCUT2D eigenvalue weighted by molar-refractivity contribution is 5.32. The van der Waals surface area contributed by atoms with Gasteiger partial charge in [-0.25, -0.2) is 9.67 Å². The summed E-state index contributed by atoms with van der Waals surface area (Å²) in [6.07, 6.45) is 1.44. The monoisotopic (exact) mass is 245 g/mol. The summed E-state index contributed by atoms with van der Waals surface area (Å²) in [6, 6.07) is 1.84. The Kier molecular flexibility index (Phi) is 3.01. The normalized spacial score (nSPS) is 10.1. The molecule has 9 heteroatoms. The van der Waals surface area contributed by atoms with Crippen LogP contribution in [0.25, 0.3) is 0 Å². The average molecular weight is 245 g/mol. The molecule has 0 bridgehead atoms.